The number of rotatable bonds is 3. The third-order valence-corrected chi connectivity index (χ3v) is 6.02. The molecule has 6 heterocycles. The second-order valence-electron chi connectivity index (χ2n) is 7.82. The minimum atomic E-state index is 0.503. The van der Waals surface area contributed by atoms with E-state index in [4.69, 9.17) is 4.98 Å². The number of aromatic amines is 2. The number of aromatic nitrogens is 6. The first-order valence-electron chi connectivity index (χ1n) is 10.3. The van der Waals surface area contributed by atoms with Gasteiger partial charge in [-0.05, 0) is 55.8 Å². The van der Waals surface area contributed by atoms with E-state index in [1.807, 2.05) is 30.7 Å². The normalized spacial score (nSPS) is 15.2. The molecule has 0 amide bonds. The summed E-state index contributed by atoms with van der Waals surface area (Å²) in [4.78, 5) is 16.8. The van der Waals surface area contributed by atoms with Crippen molar-refractivity contribution in [3.63, 3.8) is 0 Å². The number of nitrogens with zero attached hydrogens (tertiary/aromatic N) is 4. The van der Waals surface area contributed by atoms with Crippen LogP contribution in [0, 0.1) is 0 Å². The highest BCUT2D eigenvalue weighted by atomic mass is 15.1. The van der Waals surface area contributed by atoms with Gasteiger partial charge in [0.15, 0.2) is 0 Å². The molecule has 1 aliphatic rings. The van der Waals surface area contributed by atoms with E-state index in [-0.39, 0.29) is 0 Å². The summed E-state index contributed by atoms with van der Waals surface area (Å²) in [5.41, 5.74) is 7.16. The van der Waals surface area contributed by atoms with E-state index >= 15 is 0 Å². The van der Waals surface area contributed by atoms with Gasteiger partial charge in [-0.3, -0.25) is 20.1 Å². The van der Waals surface area contributed by atoms with Crippen molar-refractivity contribution >= 4 is 21.8 Å². The fourth-order valence-corrected chi connectivity index (χ4v) is 4.42. The largest absolute Gasteiger partial charge is 0.352 e. The molecule has 1 aliphatic heterocycles. The Morgan fingerprint density at radius 2 is 1.73 bits per heavy atom. The Balaban J connectivity index is 1.47. The van der Waals surface area contributed by atoms with Crippen LogP contribution >= 0.6 is 0 Å². The van der Waals surface area contributed by atoms with E-state index in [0.717, 1.165) is 75.9 Å². The van der Waals surface area contributed by atoms with Crippen LogP contribution < -0.4 is 5.32 Å². The van der Waals surface area contributed by atoms with Crippen LogP contribution in [0.1, 0.15) is 24.5 Å². The highest BCUT2D eigenvalue weighted by molar-refractivity contribution is 6.00. The predicted octanol–water partition coefficient (Wildman–Crippen LogP) is 4.03. The second-order valence-corrected chi connectivity index (χ2v) is 7.82. The monoisotopic (exact) mass is 395 g/mol. The van der Waals surface area contributed by atoms with E-state index in [1.54, 1.807) is 12.4 Å². The van der Waals surface area contributed by atoms with Crippen LogP contribution in [0.4, 0.5) is 0 Å². The van der Waals surface area contributed by atoms with Gasteiger partial charge in [-0.2, -0.15) is 5.10 Å². The molecule has 5 aromatic heterocycles. The van der Waals surface area contributed by atoms with Crippen molar-refractivity contribution in [2.75, 3.05) is 13.1 Å². The van der Waals surface area contributed by atoms with Crippen molar-refractivity contribution in [3.05, 3.63) is 60.9 Å². The number of piperidine rings is 1. The van der Waals surface area contributed by atoms with E-state index < -0.39 is 0 Å². The number of nitrogens with one attached hydrogen (secondary N) is 3. The first-order valence-corrected chi connectivity index (χ1v) is 10.3. The van der Waals surface area contributed by atoms with Gasteiger partial charge in [0, 0.05) is 46.5 Å². The van der Waals surface area contributed by atoms with E-state index in [0.29, 0.717) is 5.92 Å². The molecule has 30 heavy (non-hydrogen) atoms. The average molecular weight is 395 g/mol. The standard InChI is InChI=1S/C23H21N7/c1-5-24-6-2-14(1)18-11-26-12-21-16(18)9-20(28-21)23-17-10-19(15-3-7-25-8-4-15)27-13-22(17)29-30-23/h1-2,5-6,9-13,15,25,28H,3-4,7-8H2,(H,29,30). The van der Waals surface area contributed by atoms with Gasteiger partial charge in [0.05, 0.1) is 29.1 Å². The van der Waals surface area contributed by atoms with Crippen LogP contribution in [0.15, 0.2) is 55.2 Å². The molecule has 0 saturated carbocycles. The minimum Gasteiger partial charge on any atom is -0.352 e. The maximum absolute atomic E-state index is 4.71. The zero-order chi connectivity index (χ0) is 19.9. The van der Waals surface area contributed by atoms with Crippen LogP contribution in [0.2, 0.25) is 0 Å². The Morgan fingerprint density at radius 3 is 2.60 bits per heavy atom. The first kappa shape index (κ1) is 17.3. The first-order chi connectivity index (χ1) is 14.9. The summed E-state index contributed by atoms with van der Waals surface area (Å²) in [6, 6.07) is 8.37. The number of H-pyrrole nitrogens is 2. The number of hydrogen-bond donors (Lipinski definition) is 3. The molecular formula is C23H21N7. The lowest BCUT2D eigenvalue weighted by molar-refractivity contribution is 0.453. The smallest absolute Gasteiger partial charge is 0.116 e. The van der Waals surface area contributed by atoms with Crippen molar-refractivity contribution in [2.45, 2.75) is 18.8 Å². The van der Waals surface area contributed by atoms with E-state index in [1.165, 1.54) is 0 Å². The average Bonchev–Trinajstić information content (AvgIpc) is 3.43. The topological polar surface area (TPSA) is 95.2 Å². The molecule has 7 heteroatoms. The molecule has 0 aliphatic carbocycles. The van der Waals surface area contributed by atoms with Crippen molar-refractivity contribution in [3.8, 4) is 22.5 Å². The highest BCUT2D eigenvalue weighted by Gasteiger charge is 2.19. The fourth-order valence-electron chi connectivity index (χ4n) is 4.42. The lowest BCUT2D eigenvalue weighted by Gasteiger charge is -2.22. The van der Waals surface area contributed by atoms with Gasteiger partial charge < -0.3 is 10.3 Å². The van der Waals surface area contributed by atoms with Crippen LogP contribution in [0.25, 0.3) is 44.3 Å². The molecule has 0 unspecified atom stereocenters. The molecule has 3 N–H and O–H groups in total. The van der Waals surface area contributed by atoms with E-state index in [2.05, 4.69) is 42.6 Å². The van der Waals surface area contributed by atoms with Gasteiger partial charge in [-0.25, -0.2) is 0 Å². The van der Waals surface area contributed by atoms with Crippen LogP contribution in [0.5, 0.6) is 0 Å². The van der Waals surface area contributed by atoms with Crippen molar-refractivity contribution in [1.82, 2.24) is 35.5 Å². The zero-order valence-corrected chi connectivity index (χ0v) is 16.4. The van der Waals surface area contributed by atoms with Crippen LogP contribution in [0.3, 0.4) is 0 Å². The maximum atomic E-state index is 4.71. The lowest BCUT2D eigenvalue weighted by atomic mass is 9.93. The maximum Gasteiger partial charge on any atom is 0.116 e. The molecule has 0 spiro atoms. The van der Waals surface area contributed by atoms with Gasteiger partial charge in [-0.1, -0.05) is 0 Å². The molecule has 7 nitrogen and oxygen atoms in total. The molecule has 1 fully saturated rings. The molecule has 0 aromatic carbocycles. The number of pyridine rings is 3. The second kappa shape index (κ2) is 7.03. The molecule has 148 valence electrons. The SMILES string of the molecule is c1cc(-c2cncc3[nH]c(-c4n[nH]c5cnc(C6CCNCC6)cc45)cc23)ccn1. The minimum absolute atomic E-state index is 0.503. The van der Waals surface area contributed by atoms with Gasteiger partial charge >= 0.3 is 0 Å². The summed E-state index contributed by atoms with van der Waals surface area (Å²) in [5.74, 6) is 0.503. The third-order valence-electron chi connectivity index (χ3n) is 6.02. The number of fused-ring (bicyclic) bond motifs is 2. The van der Waals surface area contributed by atoms with Crippen molar-refractivity contribution in [1.29, 1.82) is 0 Å². The fraction of sp³-hybridized carbons (Fsp3) is 0.217. The van der Waals surface area contributed by atoms with Crippen LogP contribution in [-0.2, 0) is 0 Å². The third kappa shape index (κ3) is 2.86. The Bertz CT molecular complexity index is 1330. The number of hydrogen-bond acceptors (Lipinski definition) is 5. The van der Waals surface area contributed by atoms with Crippen molar-refractivity contribution in [2.24, 2.45) is 0 Å². The summed E-state index contributed by atoms with van der Waals surface area (Å²) in [6.45, 7) is 2.10. The van der Waals surface area contributed by atoms with Gasteiger partial charge in [0.25, 0.3) is 0 Å². The molecule has 6 rings (SSSR count). The van der Waals surface area contributed by atoms with Gasteiger partial charge in [0.2, 0.25) is 0 Å². The Labute approximate surface area is 173 Å². The Kier molecular flexibility index (Phi) is 4.06. The summed E-state index contributed by atoms with van der Waals surface area (Å²) in [5, 5.41) is 13.4. The Hall–Kier alpha value is -3.58. The molecule has 5 aromatic rings. The summed E-state index contributed by atoms with van der Waals surface area (Å²) < 4.78 is 0. The van der Waals surface area contributed by atoms with Gasteiger partial charge in [-0.15, -0.1) is 0 Å². The summed E-state index contributed by atoms with van der Waals surface area (Å²) in [6.07, 6.45) is 11.5. The lowest BCUT2D eigenvalue weighted by Crippen LogP contribution is -2.27. The zero-order valence-electron chi connectivity index (χ0n) is 16.4. The molecule has 0 bridgehead atoms. The quantitative estimate of drug-likeness (QED) is 0.429. The van der Waals surface area contributed by atoms with Crippen LogP contribution in [-0.4, -0.2) is 43.2 Å². The molecule has 0 atom stereocenters. The summed E-state index contributed by atoms with van der Waals surface area (Å²) in [7, 11) is 0. The van der Waals surface area contributed by atoms with Crippen molar-refractivity contribution < 1.29 is 0 Å². The van der Waals surface area contributed by atoms with Gasteiger partial charge in [0.1, 0.15) is 5.69 Å². The molecular weight excluding hydrogens is 374 g/mol. The predicted molar refractivity (Wildman–Crippen MR) is 117 cm³/mol. The molecule has 1 saturated heterocycles. The molecule has 0 radical (unpaired) electrons. The Morgan fingerprint density at radius 1 is 0.867 bits per heavy atom. The van der Waals surface area contributed by atoms with E-state index in [9.17, 15) is 0 Å². The summed E-state index contributed by atoms with van der Waals surface area (Å²) >= 11 is 0. The highest BCUT2D eigenvalue weighted by Crippen LogP contribution is 2.34.